The molecule has 0 amide bonds. The van der Waals surface area contributed by atoms with Crippen LogP contribution in [0.1, 0.15) is 0 Å². The summed E-state index contributed by atoms with van der Waals surface area (Å²) in [6.45, 7) is 0. The number of aromatic nitrogens is 3. The molecule has 3 aromatic rings. The van der Waals surface area contributed by atoms with E-state index in [9.17, 15) is 10.1 Å². The number of para-hydroxylation sites is 1. The highest BCUT2D eigenvalue weighted by Crippen LogP contribution is 2.20. The maximum absolute atomic E-state index is 10.6. The molecule has 0 unspecified atom stereocenters. The molecular formula is C14H10N4O2. The van der Waals surface area contributed by atoms with Crippen molar-refractivity contribution in [2.45, 2.75) is 0 Å². The van der Waals surface area contributed by atoms with Crippen LogP contribution in [0.25, 0.3) is 16.9 Å². The van der Waals surface area contributed by atoms with Crippen molar-refractivity contribution in [2.75, 3.05) is 0 Å². The third-order valence-electron chi connectivity index (χ3n) is 2.85. The summed E-state index contributed by atoms with van der Waals surface area (Å²) >= 11 is 0. The third kappa shape index (κ3) is 2.26. The number of non-ortho nitro benzene ring substituents is 1. The Kier molecular flexibility index (Phi) is 2.96. The Morgan fingerprint density at radius 3 is 2.35 bits per heavy atom. The SMILES string of the molecule is O=[N+]([O-])c1ccc(-c2cnn(-c3ccccc3)n2)cc1. The van der Waals surface area contributed by atoms with E-state index in [4.69, 9.17) is 0 Å². The lowest BCUT2D eigenvalue weighted by Crippen LogP contribution is -1.97. The maximum atomic E-state index is 10.6. The Hall–Kier alpha value is -3.02. The largest absolute Gasteiger partial charge is 0.269 e. The molecule has 0 N–H and O–H groups in total. The summed E-state index contributed by atoms with van der Waals surface area (Å²) in [4.78, 5) is 11.7. The summed E-state index contributed by atoms with van der Waals surface area (Å²) in [7, 11) is 0. The molecule has 0 atom stereocenters. The lowest BCUT2D eigenvalue weighted by Gasteiger charge is -1.98. The van der Waals surface area contributed by atoms with Crippen LogP contribution in [0.15, 0.2) is 60.8 Å². The van der Waals surface area contributed by atoms with Crippen LogP contribution in [-0.2, 0) is 0 Å². The molecule has 98 valence electrons. The second kappa shape index (κ2) is 4.93. The van der Waals surface area contributed by atoms with Gasteiger partial charge >= 0.3 is 0 Å². The molecule has 0 spiro atoms. The number of nitro benzene ring substituents is 1. The first-order chi connectivity index (χ1) is 9.74. The van der Waals surface area contributed by atoms with Crippen LogP contribution in [0.5, 0.6) is 0 Å². The van der Waals surface area contributed by atoms with Crippen LogP contribution < -0.4 is 0 Å². The Morgan fingerprint density at radius 1 is 1.00 bits per heavy atom. The summed E-state index contributed by atoms with van der Waals surface area (Å²) in [5.41, 5.74) is 2.38. The normalized spacial score (nSPS) is 10.4. The van der Waals surface area contributed by atoms with Crippen LogP contribution in [0.2, 0.25) is 0 Å². The van der Waals surface area contributed by atoms with Gasteiger partial charge in [-0.1, -0.05) is 18.2 Å². The smallest absolute Gasteiger partial charge is 0.258 e. The molecule has 1 aromatic heterocycles. The standard InChI is InChI=1S/C14H10N4O2/c19-18(20)13-8-6-11(7-9-13)14-10-15-17(16-14)12-4-2-1-3-5-12/h1-10H. The number of rotatable bonds is 3. The molecule has 0 saturated heterocycles. The minimum Gasteiger partial charge on any atom is -0.258 e. The predicted octanol–water partition coefficient (Wildman–Crippen LogP) is 2.84. The molecule has 6 heteroatoms. The first kappa shape index (κ1) is 12.0. The first-order valence-corrected chi connectivity index (χ1v) is 5.96. The molecule has 2 aromatic carbocycles. The van der Waals surface area contributed by atoms with Crippen LogP contribution in [0.4, 0.5) is 5.69 Å². The highest BCUT2D eigenvalue weighted by molar-refractivity contribution is 5.59. The van der Waals surface area contributed by atoms with Crippen molar-refractivity contribution in [3.8, 4) is 16.9 Å². The van der Waals surface area contributed by atoms with Gasteiger partial charge in [-0.05, 0) is 24.3 Å². The Bertz CT molecular complexity index is 735. The Morgan fingerprint density at radius 2 is 1.70 bits per heavy atom. The van der Waals surface area contributed by atoms with Gasteiger partial charge in [0.05, 0.1) is 16.8 Å². The van der Waals surface area contributed by atoms with Gasteiger partial charge < -0.3 is 0 Å². The van der Waals surface area contributed by atoms with E-state index < -0.39 is 4.92 Å². The molecule has 0 bridgehead atoms. The van der Waals surface area contributed by atoms with Crippen molar-refractivity contribution in [1.29, 1.82) is 0 Å². The fourth-order valence-corrected chi connectivity index (χ4v) is 1.83. The minimum atomic E-state index is -0.426. The average molecular weight is 266 g/mol. The van der Waals surface area contributed by atoms with Crippen LogP contribution in [0, 0.1) is 10.1 Å². The fourth-order valence-electron chi connectivity index (χ4n) is 1.83. The van der Waals surface area contributed by atoms with Gasteiger partial charge in [0.15, 0.2) is 0 Å². The summed E-state index contributed by atoms with van der Waals surface area (Å²) in [5, 5.41) is 19.2. The second-order valence-corrected chi connectivity index (χ2v) is 4.16. The van der Waals surface area contributed by atoms with E-state index in [0.29, 0.717) is 5.69 Å². The van der Waals surface area contributed by atoms with E-state index in [1.54, 1.807) is 18.3 Å². The molecule has 0 radical (unpaired) electrons. The Labute approximate surface area is 114 Å². The van der Waals surface area contributed by atoms with Gasteiger partial charge in [0.2, 0.25) is 0 Å². The minimum absolute atomic E-state index is 0.0594. The zero-order valence-electron chi connectivity index (χ0n) is 10.4. The molecule has 0 aliphatic heterocycles. The first-order valence-electron chi connectivity index (χ1n) is 5.96. The highest BCUT2D eigenvalue weighted by atomic mass is 16.6. The summed E-state index contributed by atoms with van der Waals surface area (Å²) in [6, 6.07) is 15.8. The summed E-state index contributed by atoms with van der Waals surface area (Å²) in [6.07, 6.45) is 1.63. The number of nitro groups is 1. The van der Waals surface area contributed by atoms with E-state index in [1.165, 1.54) is 16.9 Å². The average Bonchev–Trinajstić information content (AvgIpc) is 2.98. The molecule has 20 heavy (non-hydrogen) atoms. The van der Waals surface area contributed by atoms with Gasteiger partial charge in [-0.2, -0.15) is 9.90 Å². The molecule has 0 saturated carbocycles. The van der Waals surface area contributed by atoms with Gasteiger partial charge in [0.25, 0.3) is 5.69 Å². The predicted molar refractivity (Wildman–Crippen MR) is 73.4 cm³/mol. The van der Waals surface area contributed by atoms with Crippen molar-refractivity contribution < 1.29 is 4.92 Å². The second-order valence-electron chi connectivity index (χ2n) is 4.16. The molecular weight excluding hydrogens is 256 g/mol. The van der Waals surface area contributed by atoms with Gasteiger partial charge in [-0.25, -0.2) is 0 Å². The van der Waals surface area contributed by atoms with E-state index in [-0.39, 0.29) is 5.69 Å². The van der Waals surface area contributed by atoms with Gasteiger partial charge in [-0.3, -0.25) is 10.1 Å². The van der Waals surface area contributed by atoms with Crippen LogP contribution in [0.3, 0.4) is 0 Å². The molecule has 3 rings (SSSR count). The maximum Gasteiger partial charge on any atom is 0.269 e. The number of benzene rings is 2. The zero-order valence-corrected chi connectivity index (χ0v) is 10.4. The zero-order chi connectivity index (χ0) is 13.9. The van der Waals surface area contributed by atoms with E-state index in [0.717, 1.165) is 11.3 Å². The topological polar surface area (TPSA) is 73.8 Å². The summed E-state index contributed by atoms with van der Waals surface area (Å²) < 4.78 is 0. The van der Waals surface area contributed by atoms with E-state index in [2.05, 4.69) is 10.2 Å². The van der Waals surface area contributed by atoms with Gasteiger partial charge in [0, 0.05) is 17.7 Å². The number of hydrogen-bond donors (Lipinski definition) is 0. The quantitative estimate of drug-likeness (QED) is 0.539. The molecule has 0 aliphatic carbocycles. The highest BCUT2D eigenvalue weighted by Gasteiger charge is 2.08. The third-order valence-corrected chi connectivity index (χ3v) is 2.85. The lowest BCUT2D eigenvalue weighted by molar-refractivity contribution is -0.384. The molecule has 1 heterocycles. The molecule has 6 nitrogen and oxygen atoms in total. The van der Waals surface area contributed by atoms with Gasteiger partial charge in [0.1, 0.15) is 5.69 Å². The van der Waals surface area contributed by atoms with Gasteiger partial charge in [-0.15, -0.1) is 5.10 Å². The van der Waals surface area contributed by atoms with E-state index in [1.807, 2.05) is 30.3 Å². The van der Waals surface area contributed by atoms with Crippen molar-refractivity contribution in [2.24, 2.45) is 0 Å². The van der Waals surface area contributed by atoms with E-state index >= 15 is 0 Å². The van der Waals surface area contributed by atoms with Crippen LogP contribution in [-0.4, -0.2) is 19.9 Å². The van der Waals surface area contributed by atoms with Crippen molar-refractivity contribution in [3.05, 3.63) is 70.9 Å². The Balaban J connectivity index is 1.92. The summed E-state index contributed by atoms with van der Waals surface area (Å²) in [5.74, 6) is 0. The van der Waals surface area contributed by atoms with Crippen molar-refractivity contribution in [1.82, 2.24) is 15.0 Å². The lowest BCUT2D eigenvalue weighted by atomic mass is 10.1. The van der Waals surface area contributed by atoms with Crippen LogP contribution >= 0.6 is 0 Å². The number of nitrogens with zero attached hydrogens (tertiary/aromatic N) is 4. The number of hydrogen-bond acceptors (Lipinski definition) is 4. The van der Waals surface area contributed by atoms with Crippen molar-refractivity contribution in [3.63, 3.8) is 0 Å². The fraction of sp³-hybridized carbons (Fsp3) is 0. The monoisotopic (exact) mass is 266 g/mol. The molecule has 0 fully saturated rings. The molecule has 0 aliphatic rings. The van der Waals surface area contributed by atoms with Crippen molar-refractivity contribution >= 4 is 5.69 Å².